The van der Waals surface area contributed by atoms with E-state index in [1.165, 1.54) is 7.11 Å². The van der Waals surface area contributed by atoms with Crippen molar-refractivity contribution in [3.63, 3.8) is 0 Å². The number of methoxy groups -OCH3 is 1. The third-order valence-electron chi connectivity index (χ3n) is 3.17. The van der Waals surface area contributed by atoms with Gasteiger partial charge in [-0.1, -0.05) is 13.8 Å². The molecule has 3 atom stereocenters. The van der Waals surface area contributed by atoms with Gasteiger partial charge in [0.05, 0.1) is 7.11 Å². The molecule has 0 aromatic rings. The molecule has 0 radical (unpaired) electrons. The molecule has 2 aliphatic heterocycles. The standard InChI is InChI=1S/C10H14O5/c1-5(2)6-9(3)10(15-9,7(11)13-4)8(12)14-6/h5-6H,1-4H3. The molecule has 5 heteroatoms. The van der Waals surface area contributed by atoms with Crippen LogP contribution in [-0.2, 0) is 23.8 Å². The number of carbonyl (C=O) groups is 2. The smallest absolute Gasteiger partial charge is 0.354 e. The molecule has 84 valence electrons. The first kappa shape index (κ1) is 10.4. The van der Waals surface area contributed by atoms with Crippen molar-refractivity contribution in [3.05, 3.63) is 0 Å². The number of hydrogen-bond donors (Lipinski definition) is 0. The van der Waals surface area contributed by atoms with Crippen LogP contribution < -0.4 is 0 Å². The van der Waals surface area contributed by atoms with Gasteiger partial charge < -0.3 is 14.2 Å². The van der Waals surface area contributed by atoms with E-state index >= 15 is 0 Å². The van der Waals surface area contributed by atoms with Gasteiger partial charge in [0.1, 0.15) is 6.10 Å². The second-order valence-electron chi connectivity index (χ2n) is 4.45. The molecule has 2 rings (SSSR count). The molecule has 2 saturated heterocycles. The predicted molar refractivity (Wildman–Crippen MR) is 49.0 cm³/mol. The first-order valence-electron chi connectivity index (χ1n) is 4.90. The van der Waals surface area contributed by atoms with Gasteiger partial charge in [-0.3, -0.25) is 0 Å². The number of cyclic esters (lactones) is 1. The third kappa shape index (κ3) is 0.963. The second-order valence-corrected chi connectivity index (χ2v) is 4.45. The maximum absolute atomic E-state index is 11.6. The molecular weight excluding hydrogens is 200 g/mol. The fourth-order valence-corrected chi connectivity index (χ4v) is 2.35. The van der Waals surface area contributed by atoms with Crippen LogP contribution in [0.5, 0.6) is 0 Å². The highest BCUT2D eigenvalue weighted by atomic mass is 16.7. The number of esters is 2. The van der Waals surface area contributed by atoms with Crippen molar-refractivity contribution in [2.45, 2.75) is 38.1 Å². The van der Waals surface area contributed by atoms with Crippen molar-refractivity contribution in [2.24, 2.45) is 5.92 Å². The Bertz CT molecular complexity index is 337. The molecule has 2 aliphatic rings. The summed E-state index contributed by atoms with van der Waals surface area (Å²) in [6, 6.07) is 0. The number of hydrogen-bond acceptors (Lipinski definition) is 5. The summed E-state index contributed by atoms with van der Waals surface area (Å²) in [5, 5.41) is 0. The SMILES string of the molecule is COC(=O)C12OC1(C)C(C(C)C)OC2=O. The number of epoxide rings is 1. The number of fused-ring (bicyclic) bond motifs is 1. The highest BCUT2D eigenvalue weighted by Crippen LogP contribution is 2.59. The topological polar surface area (TPSA) is 65.1 Å². The largest absolute Gasteiger partial charge is 0.466 e. The average Bonchev–Trinajstić information content (AvgIpc) is 2.75. The Balaban J connectivity index is 2.34. The monoisotopic (exact) mass is 214 g/mol. The lowest BCUT2D eigenvalue weighted by molar-refractivity contribution is -0.166. The van der Waals surface area contributed by atoms with Crippen LogP contribution in [0.1, 0.15) is 20.8 Å². The zero-order valence-corrected chi connectivity index (χ0v) is 9.20. The molecule has 0 aromatic carbocycles. The molecule has 0 saturated carbocycles. The molecule has 15 heavy (non-hydrogen) atoms. The van der Waals surface area contributed by atoms with Crippen LogP contribution in [0.2, 0.25) is 0 Å². The van der Waals surface area contributed by atoms with E-state index < -0.39 is 23.1 Å². The maximum Gasteiger partial charge on any atom is 0.354 e. The Kier molecular flexibility index (Phi) is 1.89. The van der Waals surface area contributed by atoms with E-state index in [4.69, 9.17) is 9.47 Å². The Morgan fingerprint density at radius 1 is 1.53 bits per heavy atom. The molecular formula is C10H14O5. The number of carbonyl (C=O) groups excluding carboxylic acids is 2. The van der Waals surface area contributed by atoms with E-state index in [1.807, 2.05) is 13.8 Å². The van der Waals surface area contributed by atoms with E-state index in [2.05, 4.69) is 4.74 Å². The van der Waals surface area contributed by atoms with Crippen LogP contribution in [0.3, 0.4) is 0 Å². The molecule has 2 fully saturated rings. The van der Waals surface area contributed by atoms with Crippen LogP contribution in [0, 0.1) is 5.92 Å². The fourth-order valence-electron chi connectivity index (χ4n) is 2.35. The summed E-state index contributed by atoms with van der Waals surface area (Å²) in [6.07, 6.45) is -0.385. The normalized spacial score (nSPS) is 42.5. The molecule has 0 N–H and O–H groups in total. The second kappa shape index (κ2) is 2.72. The minimum Gasteiger partial charge on any atom is -0.466 e. The van der Waals surface area contributed by atoms with Gasteiger partial charge in [0, 0.05) is 0 Å². The van der Waals surface area contributed by atoms with Crippen molar-refractivity contribution in [3.8, 4) is 0 Å². The Morgan fingerprint density at radius 2 is 2.13 bits per heavy atom. The van der Waals surface area contributed by atoms with Gasteiger partial charge in [0.15, 0.2) is 5.60 Å². The molecule has 0 aromatic heterocycles. The van der Waals surface area contributed by atoms with Crippen molar-refractivity contribution in [1.82, 2.24) is 0 Å². The lowest BCUT2D eigenvalue weighted by Crippen LogP contribution is -2.38. The highest BCUT2D eigenvalue weighted by Gasteiger charge is 2.87. The van der Waals surface area contributed by atoms with Gasteiger partial charge in [-0.25, -0.2) is 9.59 Å². The minimum atomic E-state index is -1.50. The summed E-state index contributed by atoms with van der Waals surface area (Å²) in [4.78, 5) is 23.1. The Morgan fingerprint density at radius 3 is 2.47 bits per heavy atom. The van der Waals surface area contributed by atoms with Crippen LogP contribution in [-0.4, -0.2) is 36.4 Å². The molecule has 0 bridgehead atoms. The third-order valence-corrected chi connectivity index (χ3v) is 3.17. The molecule has 2 heterocycles. The van der Waals surface area contributed by atoms with Gasteiger partial charge >= 0.3 is 11.9 Å². The van der Waals surface area contributed by atoms with Gasteiger partial charge in [-0.15, -0.1) is 0 Å². The van der Waals surface area contributed by atoms with Crippen LogP contribution >= 0.6 is 0 Å². The minimum absolute atomic E-state index is 0.105. The van der Waals surface area contributed by atoms with Gasteiger partial charge in [0.25, 0.3) is 5.60 Å². The Labute approximate surface area is 87.7 Å². The molecule has 0 aliphatic carbocycles. The van der Waals surface area contributed by atoms with Crippen molar-refractivity contribution in [2.75, 3.05) is 7.11 Å². The molecule has 3 unspecified atom stereocenters. The fraction of sp³-hybridized carbons (Fsp3) is 0.800. The predicted octanol–water partition coefficient (Wildman–Crippen LogP) is 0.268. The van der Waals surface area contributed by atoms with E-state index in [0.717, 1.165) is 0 Å². The lowest BCUT2D eigenvalue weighted by atomic mass is 9.87. The van der Waals surface area contributed by atoms with Crippen LogP contribution in [0.25, 0.3) is 0 Å². The average molecular weight is 214 g/mol. The quantitative estimate of drug-likeness (QED) is 0.375. The number of rotatable bonds is 2. The van der Waals surface area contributed by atoms with Gasteiger partial charge in [-0.2, -0.15) is 0 Å². The first-order chi connectivity index (χ1) is 6.90. The molecule has 5 nitrogen and oxygen atoms in total. The maximum atomic E-state index is 11.6. The Hall–Kier alpha value is -1.10. The summed E-state index contributed by atoms with van der Waals surface area (Å²) in [6.45, 7) is 5.54. The van der Waals surface area contributed by atoms with E-state index in [0.29, 0.717) is 0 Å². The summed E-state index contributed by atoms with van der Waals surface area (Å²) >= 11 is 0. The summed E-state index contributed by atoms with van der Waals surface area (Å²) in [5.74, 6) is -1.19. The zero-order chi connectivity index (χ0) is 11.4. The van der Waals surface area contributed by atoms with Crippen LogP contribution in [0.4, 0.5) is 0 Å². The van der Waals surface area contributed by atoms with Crippen molar-refractivity contribution >= 4 is 11.9 Å². The zero-order valence-electron chi connectivity index (χ0n) is 9.20. The summed E-state index contributed by atoms with van der Waals surface area (Å²) < 4.78 is 15.0. The van der Waals surface area contributed by atoms with Gasteiger partial charge in [-0.05, 0) is 12.8 Å². The van der Waals surface area contributed by atoms with Gasteiger partial charge in [0.2, 0.25) is 0 Å². The van der Waals surface area contributed by atoms with Crippen molar-refractivity contribution in [1.29, 1.82) is 0 Å². The molecule has 0 amide bonds. The number of ether oxygens (including phenoxy) is 3. The first-order valence-corrected chi connectivity index (χ1v) is 4.90. The summed E-state index contributed by atoms with van der Waals surface area (Å²) in [7, 11) is 1.23. The summed E-state index contributed by atoms with van der Waals surface area (Å²) in [5.41, 5.74) is -2.36. The highest BCUT2D eigenvalue weighted by molar-refractivity contribution is 6.10. The molecule has 0 spiro atoms. The van der Waals surface area contributed by atoms with Crippen molar-refractivity contribution < 1.29 is 23.8 Å². The van der Waals surface area contributed by atoms with Crippen LogP contribution in [0.15, 0.2) is 0 Å². The van der Waals surface area contributed by atoms with E-state index in [9.17, 15) is 9.59 Å². The van der Waals surface area contributed by atoms with E-state index in [1.54, 1.807) is 6.92 Å². The van der Waals surface area contributed by atoms with E-state index in [-0.39, 0.29) is 12.0 Å². The lowest BCUT2D eigenvalue weighted by Gasteiger charge is -2.19.